The third kappa shape index (κ3) is 6.50. The number of carbonyl (C=O) groups excluding carboxylic acids is 3. The average Bonchev–Trinajstić information content (AvgIpc) is 1.82. The van der Waals surface area contributed by atoms with Gasteiger partial charge in [0.05, 0.1) is 0 Å². The van der Waals surface area contributed by atoms with Gasteiger partial charge < -0.3 is 4.74 Å². The van der Waals surface area contributed by atoms with Crippen LogP contribution < -0.4 is 5.32 Å². The van der Waals surface area contributed by atoms with Crippen LogP contribution in [0.5, 0.6) is 0 Å². The molecule has 0 atom stereocenters. The Bertz CT molecular complexity index is 187. The first-order valence-corrected chi connectivity index (χ1v) is 2.96. The Balaban J connectivity index is 3.53. The lowest BCUT2D eigenvalue weighted by atomic mass is 10.6. The summed E-state index contributed by atoms with van der Waals surface area (Å²) in [7, 11) is 0. The van der Waals surface area contributed by atoms with E-state index in [0.717, 1.165) is 0 Å². The summed E-state index contributed by atoms with van der Waals surface area (Å²) in [6.45, 7) is 1.97. The summed E-state index contributed by atoms with van der Waals surface area (Å²) in [4.78, 5) is 30.9. The second-order valence-electron chi connectivity index (χ2n) is 1.88. The molecule has 11 heavy (non-hydrogen) atoms. The van der Waals surface area contributed by atoms with E-state index in [1.54, 1.807) is 0 Å². The number of nitrogens with one attached hydrogen (secondary N) is 1. The van der Waals surface area contributed by atoms with E-state index in [0.29, 0.717) is 0 Å². The van der Waals surface area contributed by atoms with Crippen LogP contribution in [0.25, 0.3) is 0 Å². The molecule has 2 amide bonds. The molecular formula is C6H9NO4. The van der Waals surface area contributed by atoms with E-state index < -0.39 is 24.4 Å². The molecule has 0 aromatic heterocycles. The Morgan fingerprint density at radius 1 is 1.27 bits per heavy atom. The Kier molecular flexibility index (Phi) is 3.87. The zero-order valence-electron chi connectivity index (χ0n) is 6.34. The van der Waals surface area contributed by atoms with Crippen molar-refractivity contribution in [1.82, 2.24) is 5.32 Å². The van der Waals surface area contributed by atoms with Gasteiger partial charge in [-0.15, -0.1) is 0 Å². The summed E-state index contributed by atoms with van der Waals surface area (Å²) in [6.07, 6.45) is 0. The monoisotopic (exact) mass is 159 g/mol. The molecule has 0 saturated heterocycles. The minimum atomic E-state index is -0.618. The van der Waals surface area contributed by atoms with E-state index in [9.17, 15) is 14.4 Å². The molecule has 0 aliphatic rings. The molecule has 0 aromatic rings. The van der Waals surface area contributed by atoms with Crippen molar-refractivity contribution in [2.75, 3.05) is 6.61 Å². The van der Waals surface area contributed by atoms with Gasteiger partial charge in [-0.2, -0.15) is 0 Å². The van der Waals surface area contributed by atoms with Crippen LogP contribution in [0, 0.1) is 0 Å². The molecule has 0 radical (unpaired) electrons. The van der Waals surface area contributed by atoms with Crippen LogP contribution in [0.4, 0.5) is 0 Å². The van der Waals surface area contributed by atoms with Crippen molar-refractivity contribution in [3.05, 3.63) is 0 Å². The van der Waals surface area contributed by atoms with Crippen LogP contribution in [0.2, 0.25) is 0 Å². The maximum Gasteiger partial charge on any atom is 0.303 e. The minimum absolute atomic E-state index is 0.408. The SMILES string of the molecule is CC(=O)NC(=O)COC(C)=O. The fraction of sp³-hybridized carbons (Fsp3) is 0.500. The van der Waals surface area contributed by atoms with Crippen LogP contribution in [0.3, 0.4) is 0 Å². The molecule has 0 bridgehead atoms. The predicted molar refractivity (Wildman–Crippen MR) is 35.5 cm³/mol. The molecule has 0 unspecified atom stereocenters. The highest BCUT2D eigenvalue weighted by Crippen LogP contribution is 1.75. The smallest absolute Gasteiger partial charge is 0.303 e. The zero-order valence-corrected chi connectivity index (χ0v) is 6.34. The van der Waals surface area contributed by atoms with Gasteiger partial charge in [0.2, 0.25) is 5.91 Å². The van der Waals surface area contributed by atoms with Crippen molar-refractivity contribution in [3.63, 3.8) is 0 Å². The number of hydrogen-bond acceptors (Lipinski definition) is 4. The largest absolute Gasteiger partial charge is 0.456 e. The third-order valence-electron chi connectivity index (χ3n) is 0.722. The van der Waals surface area contributed by atoms with Gasteiger partial charge in [-0.25, -0.2) is 0 Å². The maximum atomic E-state index is 10.5. The molecule has 0 aromatic carbocycles. The van der Waals surface area contributed by atoms with Crippen LogP contribution >= 0.6 is 0 Å². The molecule has 0 rings (SSSR count). The molecule has 1 N–H and O–H groups in total. The fourth-order valence-corrected chi connectivity index (χ4v) is 0.400. The lowest BCUT2D eigenvalue weighted by Crippen LogP contribution is -2.31. The lowest BCUT2D eigenvalue weighted by molar-refractivity contribution is -0.147. The van der Waals surface area contributed by atoms with Crippen LogP contribution in [-0.4, -0.2) is 24.4 Å². The molecule has 0 heterocycles. The van der Waals surface area contributed by atoms with Crippen molar-refractivity contribution in [2.24, 2.45) is 0 Å². The summed E-state index contributed by atoms with van der Waals surface area (Å²) in [5.41, 5.74) is 0. The fourth-order valence-electron chi connectivity index (χ4n) is 0.400. The first kappa shape index (κ1) is 9.61. The van der Waals surface area contributed by atoms with E-state index >= 15 is 0 Å². The average molecular weight is 159 g/mol. The van der Waals surface area contributed by atoms with Gasteiger partial charge in [0.1, 0.15) is 0 Å². The van der Waals surface area contributed by atoms with Crippen molar-refractivity contribution >= 4 is 17.8 Å². The molecule has 5 heteroatoms. The molecule has 0 saturated carbocycles. The van der Waals surface area contributed by atoms with Crippen LogP contribution in [-0.2, 0) is 19.1 Å². The number of ether oxygens (including phenoxy) is 1. The van der Waals surface area contributed by atoms with Crippen molar-refractivity contribution in [1.29, 1.82) is 0 Å². The van der Waals surface area contributed by atoms with Gasteiger partial charge in [-0.05, 0) is 0 Å². The number of hydrogen-bond donors (Lipinski definition) is 1. The Morgan fingerprint density at radius 3 is 2.18 bits per heavy atom. The van der Waals surface area contributed by atoms with E-state index in [4.69, 9.17) is 0 Å². The molecule has 0 aliphatic heterocycles. The standard InChI is InChI=1S/C6H9NO4/c1-4(8)7-6(10)3-11-5(2)9/h3H2,1-2H3,(H,7,8,10). The van der Waals surface area contributed by atoms with E-state index in [2.05, 4.69) is 4.74 Å². The van der Waals surface area contributed by atoms with Crippen LogP contribution in [0.15, 0.2) is 0 Å². The number of esters is 1. The highest BCUT2D eigenvalue weighted by atomic mass is 16.5. The first-order chi connectivity index (χ1) is 5.02. The van der Waals surface area contributed by atoms with Gasteiger partial charge in [-0.1, -0.05) is 0 Å². The topological polar surface area (TPSA) is 72.5 Å². The molecular weight excluding hydrogens is 150 g/mol. The number of carbonyl (C=O) groups is 3. The summed E-state index contributed by atoms with van der Waals surface area (Å²) < 4.78 is 4.30. The highest BCUT2D eigenvalue weighted by Gasteiger charge is 2.04. The molecule has 0 aliphatic carbocycles. The Labute approximate surface area is 63.7 Å². The quantitative estimate of drug-likeness (QED) is 0.536. The summed E-state index contributed by atoms with van der Waals surface area (Å²) in [6, 6.07) is 0. The Hall–Kier alpha value is -1.39. The van der Waals surface area contributed by atoms with Gasteiger partial charge in [0.25, 0.3) is 5.91 Å². The minimum Gasteiger partial charge on any atom is -0.456 e. The molecule has 0 spiro atoms. The van der Waals surface area contributed by atoms with E-state index in [-0.39, 0.29) is 0 Å². The van der Waals surface area contributed by atoms with Gasteiger partial charge in [0, 0.05) is 13.8 Å². The molecule has 62 valence electrons. The van der Waals surface area contributed by atoms with Gasteiger partial charge in [0.15, 0.2) is 6.61 Å². The summed E-state index contributed by atoms with van der Waals surface area (Å²) in [5.74, 6) is -1.64. The Morgan fingerprint density at radius 2 is 1.82 bits per heavy atom. The predicted octanol–water partition coefficient (Wildman–Crippen LogP) is -0.788. The van der Waals surface area contributed by atoms with Gasteiger partial charge in [-0.3, -0.25) is 19.7 Å². The summed E-state index contributed by atoms with van der Waals surface area (Å²) in [5, 5.41) is 1.94. The van der Waals surface area contributed by atoms with E-state index in [1.807, 2.05) is 5.32 Å². The first-order valence-electron chi connectivity index (χ1n) is 2.96. The maximum absolute atomic E-state index is 10.5. The van der Waals surface area contributed by atoms with Crippen molar-refractivity contribution < 1.29 is 19.1 Å². The van der Waals surface area contributed by atoms with Crippen LogP contribution in [0.1, 0.15) is 13.8 Å². The second kappa shape index (κ2) is 4.43. The lowest BCUT2D eigenvalue weighted by Gasteiger charge is -1.99. The molecule has 5 nitrogen and oxygen atoms in total. The van der Waals surface area contributed by atoms with Crippen molar-refractivity contribution in [2.45, 2.75) is 13.8 Å². The number of rotatable bonds is 2. The van der Waals surface area contributed by atoms with Gasteiger partial charge >= 0.3 is 5.97 Å². The summed E-state index contributed by atoms with van der Waals surface area (Å²) >= 11 is 0. The normalized spacial score (nSPS) is 8.55. The van der Waals surface area contributed by atoms with E-state index in [1.165, 1.54) is 13.8 Å². The number of imide groups is 1. The molecule has 0 fully saturated rings. The zero-order chi connectivity index (χ0) is 8.85. The highest BCUT2D eigenvalue weighted by molar-refractivity contribution is 5.95. The second-order valence-corrected chi connectivity index (χ2v) is 1.88. The van der Waals surface area contributed by atoms with Crippen molar-refractivity contribution in [3.8, 4) is 0 Å². The third-order valence-corrected chi connectivity index (χ3v) is 0.722. The number of amides is 2.